The third-order valence-electron chi connectivity index (χ3n) is 12.1. The second-order valence-corrected chi connectivity index (χ2v) is 28.4. The molecule has 0 aromatic heterocycles. The fourth-order valence-electron chi connectivity index (χ4n) is 18.1. The Kier molecular flexibility index (Phi) is 19.5. The van der Waals surface area contributed by atoms with Crippen LogP contribution >= 0.6 is 0 Å². The molecule has 55 heavy (non-hydrogen) atoms. The van der Waals surface area contributed by atoms with Crippen LogP contribution in [0.3, 0.4) is 0 Å². The summed E-state index contributed by atoms with van der Waals surface area (Å²) >= 11 is 0. The van der Waals surface area contributed by atoms with E-state index in [1.807, 2.05) is 0 Å². The molecule has 0 unspecified atom stereocenters. The van der Waals surface area contributed by atoms with Crippen LogP contribution in [-0.2, 0) is 0 Å². The summed E-state index contributed by atoms with van der Waals surface area (Å²) in [6.07, 6.45) is 0. The lowest BCUT2D eigenvalue weighted by Gasteiger charge is -2.70. The number of rotatable bonds is 0. The van der Waals surface area contributed by atoms with Crippen molar-refractivity contribution in [3.05, 3.63) is 0 Å². The first-order chi connectivity index (χ1) is 22.7. The van der Waals surface area contributed by atoms with Crippen LogP contribution < -0.4 is 15.1 Å². The van der Waals surface area contributed by atoms with E-state index in [1.165, 1.54) is 0 Å². The van der Waals surface area contributed by atoms with Gasteiger partial charge in [-0.1, -0.05) is 0 Å². The Morgan fingerprint density at radius 2 is 0.218 bits per heavy atom. The molecule has 0 amide bonds. The van der Waals surface area contributed by atoms with Crippen molar-refractivity contribution in [3.8, 4) is 0 Å². The lowest BCUT2D eigenvalue weighted by atomic mass is 9.75. The maximum Gasteiger partial charge on any atom is 0.0918 e. The molecule has 0 aliphatic carbocycles. The van der Waals surface area contributed by atoms with Gasteiger partial charge in [-0.05, 0) is 249 Å². The maximum atomic E-state index is 8.42. The molecule has 0 aliphatic rings. The zero-order chi connectivity index (χ0) is 47.1. The van der Waals surface area contributed by atoms with Gasteiger partial charge < -0.3 is 28.5 Å². The Morgan fingerprint density at radius 3 is 0.218 bits per heavy atom. The quantitative estimate of drug-likeness (QED) is 0.181. The van der Waals surface area contributed by atoms with Gasteiger partial charge in [-0.15, -0.1) is 0 Å². The van der Waals surface area contributed by atoms with Gasteiger partial charge in [-0.25, -0.2) is 0 Å². The Labute approximate surface area is 350 Å². The molecule has 0 N–H and O–H groups in total. The molecule has 0 rings (SSSR count). The normalized spacial score (nSPS) is 15.5. The summed E-state index contributed by atoms with van der Waals surface area (Å²) in [7, 11) is -2.92. The first kappa shape index (κ1) is 61.5. The molecule has 0 saturated heterocycles. The maximum absolute atomic E-state index is 8.42. The molecule has 0 atom stereocenters. The van der Waals surface area contributed by atoms with Crippen LogP contribution in [0.4, 0.5) is 0 Å². The molecule has 0 fully saturated rings. The summed E-state index contributed by atoms with van der Waals surface area (Å²) in [5, 5.41) is 25.2. The zero-order valence-corrected chi connectivity index (χ0v) is 45.1. The van der Waals surface area contributed by atoms with E-state index in [0.29, 0.717) is 0 Å². The van der Waals surface area contributed by atoms with Crippen LogP contribution in [0.2, 0.25) is 0 Å². The third kappa shape index (κ3) is 12.4. The molecule has 6 nitrogen and oxygen atoms in total. The molecule has 0 bridgehead atoms. The minimum atomic E-state index is -2.92. The standard InChI is InChI=1S/3C16H36N.BO3/c3*1-13(2,3)17(14(4,5)6,15(7,8)9)16(10,11)12;2-1(3)4/h3*1-12H3;/q3*+1;-3. The van der Waals surface area contributed by atoms with Crippen LogP contribution in [0, 0.1) is 0 Å². The number of quaternary nitrogens is 3. The number of hydrogen-bond acceptors (Lipinski definition) is 3. The molecule has 0 radical (unpaired) electrons. The number of nitrogens with zero attached hydrogens (tertiary/aromatic N) is 3. The summed E-state index contributed by atoms with van der Waals surface area (Å²) in [5.74, 6) is 0. The summed E-state index contributed by atoms with van der Waals surface area (Å²) < 4.78 is 3.25. The van der Waals surface area contributed by atoms with Gasteiger partial charge in [0, 0.05) is 0 Å². The first-order valence-electron chi connectivity index (χ1n) is 21.4. The van der Waals surface area contributed by atoms with Crippen molar-refractivity contribution in [2.75, 3.05) is 0 Å². The van der Waals surface area contributed by atoms with Gasteiger partial charge in [-0.2, -0.15) is 0 Å². The van der Waals surface area contributed by atoms with E-state index >= 15 is 0 Å². The van der Waals surface area contributed by atoms with Gasteiger partial charge in [0.15, 0.2) is 0 Å². The molecular weight excluding hydrogens is 677 g/mol. The highest BCUT2D eigenvalue weighted by Crippen LogP contribution is 2.53. The van der Waals surface area contributed by atoms with Gasteiger partial charge >= 0.3 is 0 Å². The van der Waals surface area contributed by atoms with E-state index < -0.39 is 7.32 Å². The molecule has 0 aromatic carbocycles. The summed E-state index contributed by atoms with van der Waals surface area (Å²) in [5.41, 5.74) is 2.44. The lowest BCUT2D eigenvalue weighted by molar-refractivity contribution is -1.08. The molecular formula is C48H108BN3O3. The molecule has 0 heterocycles. The van der Waals surface area contributed by atoms with Gasteiger partial charge in [0.1, 0.15) is 0 Å². The van der Waals surface area contributed by atoms with Crippen LogP contribution in [0.15, 0.2) is 0 Å². The van der Waals surface area contributed by atoms with Crippen LogP contribution in [0.5, 0.6) is 0 Å². The summed E-state index contributed by atoms with van der Waals surface area (Å²) in [6, 6.07) is 0. The van der Waals surface area contributed by atoms with Gasteiger partial charge in [-0.3, -0.25) is 7.32 Å². The van der Waals surface area contributed by atoms with Crippen molar-refractivity contribution in [1.29, 1.82) is 0 Å². The van der Waals surface area contributed by atoms with Crippen LogP contribution in [0.1, 0.15) is 249 Å². The molecule has 0 saturated carbocycles. The molecule has 0 aliphatic heterocycles. The van der Waals surface area contributed by atoms with Crippen molar-refractivity contribution in [2.45, 2.75) is 316 Å². The van der Waals surface area contributed by atoms with E-state index in [-0.39, 0.29) is 66.5 Å². The van der Waals surface area contributed by atoms with Crippen LogP contribution in [0.25, 0.3) is 0 Å². The highest BCUT2D eigenvalue weighted by Gasteiger charge is 2.64. The van der Waals surface area contributed by atoms with Crippen molar-refractivity contribution >= 4 is 7.32 Å². The second-order valence-electron chi connectivity index (χ2n) is 28.4. The summed E-state index contributed by atoms with van der Waals surface area (Å²) in [4.78, 5) is 0. The SMILES string of the molecule is CC(C)(C)[N+](C(C)(C)C)(C(C)(C)C)C(C)(C)C.CC(C)(C)[N+](C(C)(C)C)(C(C)(C)C)C(C)(C)C.CC(C)(C)[N+](C(C)(C)C)(C(C)(C)C)C(C)(C)C.[O-]B([O-])[O-]. The number of hydrogen-bond donors (Lipinski definition) is 0. The molecule has 336 valence electrons. The Morgan fingerprint density at radius 1 is 0.182 bits per heavy atom. The fraction of sp³-hybridized carbons (Fsp3) is 1.00. The van der Waals surface area contributed by atoms with Gasteiger partial charge in [0.2, 0.25) is 0 Å². The molecule has 7 heteroatoms. The van der Waals surface area contributed by atoms with Crippen molar-refractivity contribution in [1.82, 2.24) is 0 Å². The Balaban J connectivity index is -0.000000337. The van der Waals surface area contributed by atoms with Gasteiger partial charge in [0.25, 0.3) is 0 Å². The van der Waals surface area contributed by atoms with Crippen molar-refractivity contribution in [2.24, 2.45) is 0 Å². The smallest absolute Gasteiger partial charge is 0.0918 e. The largest absolute Gasteiger partial charge is 0.907 e. The van der Waals surface area contributed by atoms with Crippen LogP contribution in [-0.4, -0.2) is 87.2 Å². The van der Waals surface area contributed by atoms with E-state index in [1.54, 1.807) is 0 Å². The minimum Gasteiger partial charge on any atom is -0.907 e. The minimum absolute atomic E-state index is 0.203. The first-order valence-corrected chi connectivity index (χ1v) is 21.4. The van der Waals surface area contributed by atoms with Crippen molar-refractivity contribution in [3.63, 3.8) is 0 Å². The Hall–Kier alpha value is -0.175. The average Bonchev–Trinajstić information content (AvgIpc) is 2.59. The van der Waals surface area contributed by atoms with Gasteiger partial charge in [0.05, 0.1) is 66.5 Å². The summed E-state index contributed by atoms with van der Waals surface area (Å²) in [6.45, 7) is 85.8. The second kappa shape index (κ2) is 17.4. The predicted octanol–water partition coefficient (Wildman–Crippen LogP) is 11.0. The topological polar surface area (TPSA) is 69.2 Å². The highest BCUT2D eigenvalue weighted by molar-refractivity contribution is 6.24. The zero-order valence-electron chi connectivity index (χ0n) is 45.1. The van der Waals surface area contributed by atoms with E-state index in [2.05, 4.69) is 249 Å². The fourth-order valence-corrected chi connectivity index (χ4v) is 18.1. The monoisotopic (exact) mass is 786 g/mol. The predicted molar refractivity (Wildman–Crippen MR) is 244 cm³/mol. The lowest BCUT2D eigenvalue weighted by Crippen LogP contribution is -2.82. The van der Waals surface area contributed by atoms with E-state index in [0.717, 1.165) is 13.4 Å². The highest BCUT2D eigenvalue weighted by atomic mass is 16.5. The molecule has 0 spiro atoms. The van der Waals surface area contributed by atoms with E-state index in [9.17, 15) is 0 Å². The Bertz CT molecular complexity index is 805. The van der Waals surface area contributed by atoms with Crippen molar-refractivity contribution < 1.29 is 28.5 Å². The van der Waals surface area contributed by atoms with E-state index in [4.69, 9.17) is 15.1 Å². The third-order valence-corrected chi connectivity index (χ3v) is 12.1. The average molecular weight is 786 g/mol. The molecule has 0 aromatic rings.